The summed E-state index contributed by atoms with van der Waals surface area (Å²) in [5.74, 6) is 0.182. The molecule has 2 aromatic rings. The third-order valence-corrected chi connectivity index (χ3v) is 2.13. The average molecular weight is 175 g/mol. The molecule has 0 aliphatic rings. The van der Waals surface area contributed by atoms with Crippen LogP contribution in [0.2, 0.25) is 0 Å². The number of aryl methyl sites for hydroxylation is 1. The molecule has 3 nitrogen and oxygen atoms in total. The Morgan fingerprint density at radius 2 is 2.23 bits per heavy atom. The molecule has 1 aromatic carbocycles. The number of aromatic nitrogens is 1. The molecular formula is C10H9NO2. The van der Waals surface area contributed by atoms with Crippen LogP contribution < -0.4 is 0 Å². The SMILES string of the molecule is Cn1cc(C=O)c2cc(O)ccc21. The fourth-order valence-electron chi connectivity index (χ4n) is 1.50. The molecule has 0 radical (unpaired) electrons. The Labute approximate surface area is 75.2 Å². The number of nitrogens with zero attached hydrogens (tertiary/aromatic N) is 1. The Morgan fingerprint density at radius 3 is 2.92 bits per heavy atom. The normalized spacial score (nSPS) is 10.5. The summed E-state index contributed by atoms with van der Waals surface area (Å²) in [7, 11) is 1.87. The van der Waals surface area contributed by atoms with E-state index in [0.29, 0.717) is 5.56 Å². The minimum atomic E-state index is 0.182. The lowest BCUT2D eigenvalue weighted by molar-refractivity contribution is 0.112. The maximum atomic E-state index is 10.7. The maximum Gasteiger partial charge on any atom is 0.152 e. The molecule has 13 heavy (non-hydrogen) atoms. The molecule has 0 saturated heterocycles. The molecule has 0 bridgehead atoms. The smallest absolute Gasteiger partial charge is 0.152 e. The summed E-state index contributed by atoms with van der Waals surface area (Å²) in [5, 5.41) is 10.0. The molecule has 0 saturated carbocycles. The van der Waals surface area contributed by atoms with E-state index in [1.807, 2.05) is 11.6 Å². The molecule has 1 heterocycles. The van der Waals surface area contributed by atoms with Crippen molar-refractivity contribution in [1.82, 2.24) is 4.57 Å². The minimum absolute atomic E-state index is 0.182. The van der Waals surface area contributed by atoms with Crippen LogP contribution in [0.15, 0.2) is 24.4 Å². The molecule has 0 amide bonds. The van der Waals surface area contributed by atoms with Crippen molar-refractivity contribution in [2.24, 2.45) is 7.05 Å². The van der Waals surface area contributed by atoms with Crippen LogP contribution in [0.1, 0.15) is 10.4 Å². The van der Waals surface area contributed by atoms with E-state index in [0.717, 1.165) is 17.2 Å². The summed E-state index contributed by atoms with van der Waals surface area (Å²) < 4.78 is 1.86. The van der Waals surface area contributed by atoms with Crippen LogP contribution in [-0.4, -0.2) is 16.0 Å². The maximum absolute atomic E-state index is 10.7. The standard InChI is InChI=1S/C10H9NO2/c1-11-5-7(6-12)9-4-8(13)2-3-10(9)11/h2-6,13H,1H3. The number of aromatic hydroxyl groups is 1. The molecule has 0 atom stereocenters. The number of carbonyl (C=O) groups excluding carboxylic acids is 1. The Morgan fingerprint density at radius 1 is 1.46 bits per heavy atom. The molecule has 1 aromatic heterocycles. The van der Waals surface area contributed by atoms with E-state index in [-0.39, 0.29) is 5.75 Å². The fraction of sp³-hybridized carbons (Fsp3) is 0.100. The van der Waals surface area contributed by atoms with Crippen molar-refractivity contribution in [1.29, 1.82) is 0 Å². The Kier molecular flexibility index (Phi) is 1.59. The predicted molar refractivity (Wildman–Crippen MR) is 50.0 cm³/mol. The van der Waals surface area contributed by atoms with Crippen LogP contribution in [0.25, 0.3) is 10.9 Å². The highest BCUT2D eigenvalue weighted by molar-refractivity contribution is 5.98. The minimum Gasteiger partial charge on any atom is -0.508 e. The van der Waals surface area contributed by atoms with E-state index < -0.39 is 0 Å². The summed E-state index contributed by atoms with van der Waals surface area (Å²) >= 11 is 0. The van der Waals surface area contributed by atoms with Gasteiger partial charge < -0.3 is 9.67 Å². The van der Waals surface area contributed by atoms with Gasteiger partial charge in [0.05, 0.1) is 0 Å². The van der Waals surface area contributed by atoms with Gasteiger partial charge in [0, 0.05) is 29.7 Å². The van der Waals surface area contributed by atoms with Gasteiger partial charge in [-0.15, -0.1) is 0 Å². The van der Waals surface area contributed by atoms with Crippen molar-refractivity contribution < 1.29 is 9.90 Å². The zero-order valence-corrected chi connectivity index (χ0v) is 7.19. The highest BCUT2D eigenvalue weighted by Gasteiger charge is 2.05. The average Bonchev–Trinajstić information content (AvgIpc) is 2.42. The number of fused-ring (bicyclic) bond motifs is 1. The number of hydrogen-bond acceptors (Lipinski definition) is 2. The van der Waals surface area contributed by atoms with E-state index in [9.17, 15) is 9.90 Å². The van der Waals surface area contributed by atoms with Crippen molar-refractivity contribution in [2.75, 3.05) is 0 Å². The molecule has 1 N–H and O–H groups in total. The summed E-state index contributed by atoms with van der Waals surface area (Å²) in [5.41, 5.74) is 1.55. The summed E-state index contributed by atoms with van der Waals surface area (Å²) in [6.07, 6.45) is 2.54. The van der Waals surface area contributed by atoms with Gasteiger partial charge in [0.25, 0.3) is 0 Å². The first kappa shape index (κ1) is 7.86. The molecule has 0 spiro atoms. The van der Waals surface area contributed by atoms with Gasteiger partial charge in [-0.1, -0.05) is 0 Å². The molecule has 2 rings (SSSR count). The topological polar surface area (TPSA) is 42.2 Å². The first-order chi connectivity index (χ1) is 6.22. The summed E-state index contributed by atoms with van der Waals surface area (Å²) in [6, 6.07) is 4.99. The van der Waals surface area contributed by atoms with Crippen LogP contribution in [0.4, 0.5) is 0 Å². The van der Waals surface area contributed by atoms with Crippen LogP contribution >= 0.6 is 0 Å². The van der Waals surface area contributed by atoms with E-state index in [2.05, 4.69) is 0 Å². The van der Waals surface area contributed by atoms with Crippen LogP contribution in [0.5, 0.6) is 5.75 Å². The monoisotopic (exact) mass is 175 g/mol. The zero-order chi connectivity index (χ0) is 9.42. The van der Waals surface area contributed by atoms with Gasteiger partial charge in [-0.3, -0.25) is 4.79 Å². The summed E-state index contributed by atoms with van der Waals surface area (Å²) in [6.45, 7) is 0. The van der Waals surface area contributed by atoms with Crippen molar-refractivity contribution in [2.45, 2.75) is 0 Å². The third kappa shape index (κ3) is 1.09. The lowest BCUT2D eigenvalue weighted by atomic mass is 10.2. The highest BCUT2D eigenvalue weighted by atomic mass is 16.3. The van der Waals surface area contributed by atoms with Crippen molar-refractivity contribution in [3.8, 4) is 5.75 Å². The molecule has 0 fully saturated rings. The molecule has 66 valence electrons. The van der Waals surface area contributed by atoms with Gasteiger partial charge in [0.2, 0.25) is 0 Å². The second kappa shape index (κ2) is 2.62. The number of rotatable bonds is 1. The van der Waals surface area contributed by atoms with Crippen molar-refractivity contribution in [3.05, 3.63) is 30.0 Å². The Balaban J connectivity index is 2.89. The molecule has 0 aliphatic carbocycles. The van der Waals surface area contributed by atoms with Crippen LogP contribution in [-0.2, 0) is 7.05 Å². The second-order valence-corrected chi connectivity index (χ2v) is 3.01. The van der Waals surface area contributed by atoms with Gasteiger partial charge >= 0.3 is 0 Å². The van der Waals surface area contributed by atoms with Gasteiger partial charge in [0.15, 0.2) is 6.29 Å². The fourth-order valence-corrected chi connectivity index (χ4v) is 1.50. The van der Waals surface area contributed by atoms with Gasteiger partial charge in [-0.2, -0.15) is 0 Å². The number of carbonyl (C=O) groups is 1. The van der Waals surface area contributed by atoms with Gasteiger partial charge in [0.1, 0.15) is 5.75 Å². The summed E-state index contributed by atoms with van der Waals surface area (Å²) in [4.78, 5) is 10.7. The van der Waals surface area contributed by atoms with E-state index in [1.54, 1.807) is 24.4 Å². The molecule has 3 heteroatoms. The largest absolute Gasteiger partial charge is 0.508 e. The second-order valence-electron chi connectivity index (χ2n) is 3.01. The highest BCUT2D eigenvalue weighted by Crippen LogP contribution is 2.23. The number of hydrogen-bond donors (Lipinski definition) is 1. The van der Waals surface area contributed by atoms with E-state index in [4.69, 9.17) is 0 Å². The molecule has 0 aliphatic heterocycles. The first-order valence-corrected chi connectivity index (χ1v) is 3.95. The predicted octanol–water partition coefficient (Wildman–Crippen LogP) is 1.70. The van der Waals surface area contributed by atoms with Crippen molar-refractivity contribution >= 4 is 17.2 Å². The molecule has 0 unspecified atom stereocenters. The third-order valence-electron chi connectivity index (χ3n) is 2.13. The van der Waals surface area contributed by atoms with Crippen molar-refractivity contribution in [3.63, 3.8) is 0 Å². The lowest BCUT2D eigenvalue weighted by Crippen LogP contribution is -1.82. The zero-order valence-electron chi connectivity index (χ0n) is 7.19. The number of benzene rings is 1. The quantitative estimate of drug-likeness (QED) is 0.670. The number of phenols is 1. The Hall–Kier alpha value is -1.77. The molecular weight excluding hydrogens is 166 g/mol. The van der Waals surface area contributed by atoms with Crippen LogP contribution in [0, 0.1) is 0 Å². The first-order valence-electron chi connectivity index (χ1n) is 3.95. The van der Waals surface area contributed by atoms with Gasteiger partial charge in [-0.25, -0.2) is 0 Å². The van der Waals surface area contributed by atoms with E-state index in [1.165, 1.54) is 0 Å². The lowest BCUT2D eigenvalue weighted by Gasteiger charge is -1.95. The Bertz CT molecular complexity index is 471. The number of phenolic OH excluding ortho intramolecular Hbond substituents is 1. The number of aldehydes is 1. The van der Waals surface area contributed by atoms with Crippen LogP contribution in [0.3, 0.4) is 0 Å². The van der Waals surface area contributed by atoms with Gasteiger partial charge in [-0.05, 0) is 18.2 Å². The van der Waals surface area contributed by atoms with E-state index >= 15 is 0 Å².